The SMILES string of the molecule is O=C(c1nc2ccccc2cc1O)c1nc2ccccc2cc1O. The quantitative estimate of drug-likeness (QED) is 0.554. The van der Waals surface area contributed by atoms with Crippen LogP contribution in [-0.2, 0) is 0 Å². The van der Waals surface area contributed by atoms with E-state index < -0.39 is 5.78 Å². The molecule has 0 spiro atoms. The van der Waals surface area contributed by atoms with Gasteiger partial charge in [0.25, 0.3) is 0 Å². The van der Waals surface area contributed by atoms with Crippen LogP contribution in [0, 0.1) is 0 Å². The molecule has 0 atom stereocenters. The standard InChI is InChI=1S/C19H12N2O3/c22-15-9-11-5-1-3-7-13(11)20-17(15)19(24)18-16(23)10-12-6-2-4-8-14(12)21-18/h1-10,22-23H. The van der Waals surface area contributed by atoms with Crippen LogP contribution in [-0.4, -0.2) is 26.0 Å². The molecule has 0 aliphatic heterocycles. The number of hydrogen-bond acceptors (Lipinski definition) is 5. The van der Waals surface area contributed by atoms with Gasteiger partial charge >= 0.3 is 0 Å². The molecule has 2 aromatic carbocycles. The molecule has 0 unspecified atom stereocenters. The first-order chi connectivity index (χ1) is 11.6. The van der Waals surface area contributed by atoms with Crippen molar-refractivity contribution in [1.29, 1.82) is 0 Å². The van der Waals surface area contributed by atoms with Crippen LogP contribution in [0.25, 0.3) is 21.8 Å². The fourth-order valence-corrected chi connectivity index (χ4v) is 2.66. The molecule has 4 aromatic rings. The molecular weight excluding hydrogens is 304 g/mol. The van der Waals surface area contributed by atoms with Gasteiger partial charge in [-0.15, -0.1) is 0 Å². The zero-order valence-corrected chi connectivity index (χ0v) is 12.5. The van der Waals surface area contributed by atoms with Crippen LogP contribution in [0.1, 0.15) is 16.2 Å². The Bertz CT molecular complexity index is 1020. The molecule has 2 aromatic heterocycles. The number of pyridine rings is 2. The Labute approximate surface area is 136 Å². The molecule has 0 amide bonds. The Morgan fingerprint density at radius 1 is 0.708 bits per heavy atom. The van der Waals surface area contributed by atoms with E-state index >= 15 is 0 Å². The third-order valence-corrected chi connectivity index (χ3v) is 3.84. The van der Waals surface area contributed by atoms with Crippen molar-refractivity contribution in [3.63, 3.8) is 0 Å². The second-order valence-electron chi connectivity index (χ2n) is 5.43. The van der Waals surface area contributed by atoms with Crippen molar-refractivity contribution in [3.05, 3.63) is 72.1 Å². The van der Waals surface area contributed by atoms with E-state index in [-0.39, 0.29) is 22.9 Å². The van der Waals surface area contributed by atoms with Crippen LogP contribution < -0.4 is 0 Å². The number of fused-ring (bicyclic) bond motifs is 2. The number of hydrogen-bond donors (Lipinski definition) is 2. The zero-order valence-electron chi connectivity index (χ0n) is 12.5. The summed E-state index contributed by atoms with van der Waals surface area (Å²) in [6, 6.07) is 17.3. The average molecular weight is 316 g/mol. The molecule has 0 bridgehead atoms. The number of carbonyl (C=O) groups is 1. The molecule has 0 saturated carbocycles. The van der Waals surface area contributed by atoms with Gasteiger partial charge < -0.3 is 10.2 Å². The van der Waals surface area contributed by atoms with Gasteiger partial charge in [0.15, 0.2) is 11.4 Å². The fraction of sp³-hybridized carbons (Fsp3) is 0. The van der Waals surface area contributed by atoms with Crippen LogP contribution >= 0.6 is 0 Å². The highest BCUT2D eigenvalue weighted by molar-refractivity contribution is 6.11. The largest absolute Gasteiger partial charge is 0.506 e. The molecule has 5 nitrogen and oxygen atoms in total. The van der Waals surface area contributed by atoms with Crippen LogP contribution in [0.15, 0.2) is 60.7 Å². The predicted octanol–water partition coefficient (Wildman–Crippen LogP) is 3.43. The Kier molecular flexibility index (Phi) is 3.13. The highest BCUT2D eigenvalue weighted by Crippen LogP contribution is 2.28. The first-order valence-electron chi connectivity index (χ1n) is 7.36. The molecule has 116 valence electrons. The zero-order chi connectivity index (χ0) is 16.7. The summed E-state index contributed by atoms with van der Waals surface area (Å²) in [6.07, 6.45) is 0. The number of rotatable bonds is 2. The normalized spacial score (nSPS) is 11.0. The minimum atomic E-state index is -0.624. The number of aromatic nitrogens is 2. The van der Waals surface area contributed by atoms with Crippen LogP contribution in [0.5, 0.6) is 11.5 Å². The summed E-state index contributed by atoms with van der Waals surface area (Å²) < 4.78 is 0. The second kappa shape index (κ2) is 5.31. The minimum absolute atomic E-state index is 0.133. The first kappa shape index (κ1) is 14.1. The number of carbonyl (C=O) groups excluding carboxylic acids is 1. The Hall–Kier alpha value is -3.47. The molecule has 2 N–H and O–H groups in total. The summed E-state index contributed by atoms with van der Waals surface area (Å²) in [5.41, 5.74) is 0.899. The summed E-state index contributed by atoms with van der Waals surface area (Å²) in [5, 5.41) is 21.8. The monoisotopic (exact) mass is 316 g/mol. The van der Waals surface area contributed by atoms with Gasteiger partial charge in [-0.05, 0) is 24.3 Å². The van der Waals surface area contributed by atoms with E-state index in [4.69, 9.17) is 0 Å². The Morgan fingerprint density at radius 3 is 1.58 bits per heavy atom. The number of aromatic hydroxyl groups is 2. The van der Waals surface area contributed by atoms with Crippen molar-refractivity contribution in [1.82, 2.24) is 9.97 Å². The lowest BCUT2D eigenvalue weighted by molar-refractivity contribution is 0.102. The molecule has 2 heterocycles. The lowest BCUT2D eigenvalue weighted by Gasteiger charge is -2.07. The average Bonchev–Trinajstić information content (AvgIpc) is 2.60. The molecule has 0 saturated heterocycles. The van der Waals surface area contributed by atoms with Crippen LogP contribution in [0.4, 0.5) is 0 Å². The topological polar surface area (TPSA) is 83.3 Å². The molecule has 0 fully saturated rings. The lowest BCUT2D eigenvalue weighted by atomic mass is 10.1. The maximum absolute atomic E-state index is 12.7. The summed E-state index contributed by atoms with van der Waals surface area (Å²) in [6.45, 7) is 0. The van der Waals surface area contributed by atoms with Crippen molar-refractivity contribution in [3.8, 4) is 11.5 Å². The van der Waals surface area contributed by atoms with Crippen LogP contribution in [0.2, 0.25) is 0 Å². The maximum Gasteiger partial charge on any atom is 0.237 e. The van der Waals surface area contributed by atoms with Crippen LogP contribution in [0.3, 0.4) is 0 Å². The molecular formula is C19H12N2O3. The number of ketones is 1. The minimum Gasteiger partial charge on any atom is -0.506 e. The van der Waals surface area contributed by atoms with E-state index in [1.165, 1.54) is 12.1 Å². The number of para-hydroxylation sites is 2. The second-order valence-corrected chi connectivity index (χ2v) is 5.43. The van der Waals surface area contributed by atoms with Gasteiger partial charge in [-0.2, -0.15) is 0 Å². The van der Waals surface area contributed by atoms with E-state index in [0.29, 0.717) is 11.0 Å². The van der Waals surface area contributed by atoms with Crippen molar-refractivity contribution in [2.24, 2.45) is 0 Å². The maximum atomic E-state index is 12.7. The summed E-state index contributed by atoms with van der Waals surface area (Å²) >= 11 is 0. The van der Waals surface area contributed by atoms with E-state index in [1.54, 1.807) is 36.4 Å². The molecule has 0 radical (unpaired) electrons. The van der Waals surface area contributed by atoms with E-state index in [0.717, 1.165) is 10.8 Å². The first-order valence-corrected chi connectivity index (χ1v) is 7.36. The van der Waals surface area contributed by atoms with Gasteiger partial charge in [0.05, 0.1) is 11.0 Å². The van der Waals surface area contributed by atoms with Gasteiger partial charge in [-0.3, -0.25) is 4.79 Å². The van der Waals surface area contributed by atoms with Gasteiger partial charge in [0.2, 0.25) is 5.78 Å². The summed E-state index contributed by atoms with van der Waals surface area (Å²) in [5.74, 6) is -1.11. The fourth-order valence-electron chi connectivity index (χ4n) is 2.66. The molecule has 4 rings (SSSR count). The highest BCUT2D eigenvalue weighted by atomic mass is 16.3. The predicted molar refractivity (Wildman–Crippen MR) is 90.2 cm³/mol. The van der Waals surface area contributed by atoms with Crippen molar-refractivity contribution >= 4 is 27.6 Å². The molecule has 5 heteroatoms. The van der Waals surface area contributed by atoms with E-state index in [9.17, 15) is 15.0 Å². The molecule has 0 aliphatic rings. The highest BCUT2D eigenvalue weighted by Gasteiger charge is 2.21. The van der Waals surface area contributed by atoms with Crippen molar-refractivity contribution < 1.29 is 15.0 Å². The Balaban J connectivity index is 1.90. The van der Waals surface area contributed by atoms with Crippen molar-refractivity contribution in [2.45, 2.75) is 0 Å². The number of benzene rings is 2. The summed E-state index contributed by atoms with van der Waals surface area (Å²) in [4.78, 5) is 21.2. The van der Waals surface area contributed by atoms with E-state index in [1.807, 2.05) is 12.1 Å². The molecule has 0 aliphatic carbocycles. The lowest BCUT2D eigenvalue weighted by Crippen LogP contribution is -2.07. The third kappa shape index (κ3) is 2.23. The van der Waals surface area contributed by atoms with Crippen molar-refractivity contribution in [2.75, 3.05) is 0 Å². The van der Waals surface area contributed by atoms with Gasteiger partial charge in [0, 0.05) is 10.8 Å². The van der Waals surface area contributed by atoms with E-state index in [2.05, 4.69) is 9.97 Å². The molecule has 24 heavy (non-hydrogen) atoms. The van der Waals surface area contributed by atoms with Gasteiger partial charge in [-0.1, -0.05) is 36.4 Å². The smallest absolute Gasteiger partial charge is 0.237 e. The summed E-state index contributed by atoms with van der Waals surface area (Å²) in [7, 11) is 0. The number of nitrogens with zero attached hydrogens (tertiary/aromatic N) is 2. The van der Waals surface area contributed by atoms with Gasteiger partial charge in [0.1, 0.15) is 11.5 Å². The Morgan fingerprint density at radius 2 is 1.12 bits per heavy atom. The van der Waals surface area contributed by atoms with Gasteiger partial charge in [-0.25, -0.2) is 9.97 Å². The third-order valence-electron chi connectivity index (χ3n) is 3.84.